The van der Waals surface area contributed by atoms with E-state index < -0.39 is 0 Å². The quantitative estimate of drug-likeness (QED) is 0.634. The third kappa shape index (κ3) is 1.67. The average Bonchev–Trinajstić information content (AvgIpc) is 2.40. The molecule has 0 fully saturated rings. The Kier molecular flexibility index (Phi) is 3.72. The lowest BCUT2D eigenvalue weighted by Crippen LogP contribution is -1.92. The van der Waals surface area contributed by atoms with E-state index in [1.165, 1.54) is 38.9 Å². The van der Waals surface area contributed by atoms with Crippen LogP contribution in [0.15, 0.2) is 6.07 Å². The van der Waals surface area contributed by atoms with Gasteiger partial charge in [0.15, 0.2) is 0 Å². The Morgan fingerprint density at radius 3 is 2.00 bits per heavy atom. The van der Waals surface area contributed by atoms with E-state index in [2.05, 4.69) is 52.3 Å². The fourth-order valence-corrected chi connectivity index (χ4v) is 2.41. The van der Waals surface area contributed by atoms with Crippen LogP contribution in [-0.4, -0.2) is 4.57 Å². The fraction of sp³-hybridized carbons (Fsp3) is 0.429. The van der Waals surface area contributed by atoms with Crippen molar-refractivity contribution in [1.29, 1.82) is 0 Å². The molecule has 2 heteroatoms. The minimum Gasteiger partial charge on any atom is -0.348 e. The van der Waals surface area contributed by atoms with E-state index in [9.17, 15) is 0 Å². The molecule has 0 saturated carbocycles. The maximum Gasteiger partial charge on any atom is 0.0488 e. The monoisotopic (exact) mass is 329 g/mol. The molecule has 16 heavy (non-hydrogen) atoms. The van der Waals surface area contributed by atoms with Crippen molar-refractivity contribution >= 4 is 34.9 Å². The zero-order chi connectivity index (χ0) is 11.3. The summed E-state index contributed by atoms with van der Waals surface area (Å²) < 4.78 is 2.30. The van der Waals surface area contributed by atoms with Gasteiger partial charge in [-0.3, -0.25) is 0 Å². The highest BCUT2D eigenvalue weighted by atomic mass is 127. The van der Waals surface area contributed by atoms with Gasteiger partial charge < -0.3 is 4.57 Å². The van der Waals surface area contributed by atoms with Crippen LogP contribution in [0.1, 0.15) is 27.9 Å². The number of hydrogen-bond donors (Lipinski definition) is 0. The summed E-state index contributed by atoms with van der Waals surface area (Å²) in [4.78, 5) is 0. The Hall–Kier alpha value is -0.510. The summed E-state index contributed by atoms with van der Waals surface area (Å²) in [6.45, 7) is 11.1. The predicted octanol–water partition coefficient (Wildman–Crippen LogP) is 4.34. The number of hydrogen-bond acceptors (Lipinski definition) is 0. The molecular weight excluding hydrogens is 309 g/mol. The van der Waals surface area contributed by atoms with Crippen LogP contribution in [0.25, 0.3) is 10.9 Å². The first kappa shape index (κ1) is 13.6. The highest BCUT2D eigenvalue weighted by molar-refractivity contribution is 14.0. The maximum atomic E-state index is 2.30. The van der Waals surface area contributed by atoms with E-state index in [0.29, 0.717) is 0 Å². The van der Waals surface area contributed by atoms with E-state index in [-0.39, 0.29) is 24.0 Å². The Morgan fingerprint density at radius 2 is 1.44 bits per heavy atom. The molecule has 88 valence electrons. The lowest BCUT2D eigenvalue weighted by Gasteiger charge is -2.08. The standard InChI is InChI=1S/C14H19N.HI/c1-8-7-13-14(10(3)9(8)2)11(4)12(5)15(13)6;/h7H,1-6H3;1H. The lowest BCUT2D eigenvalue weighted by atomic mass is 9.98. The number of nitrogens with zero attached hydrogens (tertiary/aromatic N) is 1. The number of fused-ring (bicyclic) bond motifs is 1. The molecule has 2 rings (SSSR count). The van der Waals surface area contributed by atoms with E-state index in [4.69, 9.17) is 0 Å². The minimum atomic E-state index is 0. The van der Waals surface area contributed by atoms with Crippen LogP contribution in [-0.2, 0) is 7.05 Å². The first-order valence-corrected chi connectivity index (χ1v) is 5.47. The van der Waals surface area contributed by atoms with Gasteiger partial charge in [-0.1, -0.05) is 0 Å². The van der Waals surface area contributed by atoms with Gasteiger partial charge in [-0.15, -0.1) is 24.0 Å². The van der Waals surface area contributed by atoms with Crippen molar-refractivity contribution in [1.82, 2.24) is 4.57 Å². The van der Waals surface area contributed by atoms with Crippen molar-refractivity contribution < 1.29 is 0 Å². The van der Waals surface area contributed by atoms with E-state index in [0.717, 1.165) is 0 Å². The van der Waals surface area contributed by atoms with Gasteiger partial charge in [-0.05, 0) is 62.9 Å². The smallest absolute Gasteiger partial charge is 0.0488 e. The second kappa shape index (κ2) is 4.40. The van der Waals surface area contributed by atoms with Gasteiger partial charge >= 0.3 is 0 Å². The zero-order valence-electron chi connectivity index (χ0n) is 10.9. The van der Waals surface area contributed by atoms with Gasteiger partial charge in [0.25, 0.3) is 0 Å². The molecule has 0 N–H and O–H groups in total. The molecule has 0 spiro atoms. The number of aryl methyl sites for hydroxylation is 4. The highest BCUT2D eigenvalue weighted by Crippen LogP contribution is 2.30. The molecule has 2 aromatic rings. The largest absolute Gasteiger partial charge is 0.348 e. The number of benzene rings is 1. The van der Waals surface area contributed by atoms with Crippen LogP contribution in [0.3, 0.4) is 0 Å². The predicted molar refractivity (Wildman–Crippen MR) is 82.0 cm³/mol. The third-order valence-corrected chi connectivity index (χ3v) is 3.92. The summed E-state index contributed by atoms with van der Waals surface area (Å²) >= 11 is 0. The van der Waals surface area contributed by atoms with Gasteiger partial charge in [0.2, 0.25) is 0 Å². The molecule has 0 aliphatic heterocycles. The second-order valence-corrected chi connectivity index (χ2v) is 4.61. The molecule has 1 aromatic heterocycles. The number of rotatable bonds is 0. The molecule has 0 amide bonds. The molecule has 0 radical (unpaired) electrons. The van der Waals surface area contributed by atoms with Gasteiger partial charge in [-0.2, -0.15) is 0 Å². The van der Waals surface area contributed by atoms with Crippen molar-refractivity contribution in [2.75, 3.05) is 0 Å². The SMILES string of the molecule is Cc1cc2c(c(C)c1C)c(C)c(C)n2C.I. The van der Waals surface area contributed by atoms with Crippen LogP contribution >= 0.6 is 24.0 Å². The maximum absolute atomic E-state index is 2.30. The summed E-state index contributed by atoms with van der Waals surface area (Å²) in [5.74, 6) is 0. The summed E-state index contributed by atoms with van der Waals surface area (Å²) in [5, 5.41) is 1.44. The second-order valence-electron chi connectivity index (χ2n) is 4.61. The minimum absolute atomic E-state index is 0. The van der Waals surface area contributed by atoms with E-state index in [1.807, 2.05) is 0 Å². The van der Waals surface area contributed by atoms with Crippen LogP contribution in [0.2, 0.25) is 0 Å². The summed E-state index contributed by atoms with van der Waals surface area (Å²) in [7, 11) is 2.15. The fourth-order valence-electron chi connectivity index (χ4n) is 2.41. The Bertz CT molecular complexity index is 550. The first-order chi connectivity index (χ1) is 6.95. The van der Waals surface area contributed by atoms with Crippen LogP contribution < -0.4 is 0 Å². The van der Waals surface area contributed by atoms with Crippen molar-refractivity contribution in [3.63, 3.8) is 0 Å². The lowest BCUT2D eigenvalue weighted by molar-refractivity contribution is 0.909. The van der Waals surface area contributed by atoms with E-state index in [1.54, 1.807) is 0 Å². The van der Waals surface area contributed by atoms with Gasteiger partial charge in [0, 0.05) is 23.6 Å². The molecule has 1 nitrogen and oxygen atoms in total. The number of halogens is 1. The number of aromatic nitrogens is 1. The van der Waals surface area contributed by atoms with Crippen molar-refractivity contribution in [3.05, 3.63) is 34.0 Å². The van der Waals surface area contributed by atoms with Crippen LogP contribution in [0.4, 0.5) is 0 Å². The summed E-state index contributed by atoms with van der Waals surface area (Å²) in [5.41, 5.74) is 8.42. The van der Waals surface area contributed by atoms with Crippen LogP contribution in [0, 0.1) is 34.6 Å². The zero-order valence-corrected chi connectivity index (χ0v) is 13.3. The van der Waals surface area contributed by atoms with Crippen LogP contribution in [0.5, 0.6) is 0 Å². The Balaban J connectivity index is 0.00000128. The molecule has 0 unspecified atom stereocenters. The Labute approximate surface area is 115 Å². The Morgan fingerprint density at radius 1 is 0.875 bits per heavy atom. The topological polar surface area (TPSA) is 4.93 Å². The molecule has 1 aromatic carbocycles. The van der Waals surface area contributed by atoms with Crippen molar-refractivity contribution in [3.8, 4) is 0 Å². The van der Waals surface area contributed by atoms with Gasteiger partial charge in [0.1, 0.15) is 0 Å². The molecule has 0 atom stereocenters. The van der Waals surface area contributed by atoms with Gasteiger partial charge in [0.05, 0.1) is 0 Å². The molecule has 0 aliphatic carbocycles. The molecule has 0 bridgehead atoms. The molecule has 0 saturated heterocycles. The summed E-state index contributed by atoms with van der Waals surface area (Å²) in [6, 6.07) is 2.30. The molecule has 1 heterocycles. The molecule has 0 aliphatic rings. The highest BCUT2D eigenvalue weighted by Gasteiger charge is 2.12. The van der Waals surface area contributed by atoms with Crippen molar-refractivity contribution in [2.45, 2.75) is 34.6 Å². The summed E-state index contributed by atoms with van der Waals surface area (Å²) in [6.07, 6.45) is 0. The molecular formula is C14H20IN. The third-order valence-electron chi connectivity index (χ3n) is 3.92. The van der Waals surface area contributed by atoms with E-state index >= 15 is 0 Å². The van der Waals surface area contributed by atoms with Gasteiger partial charge in [-0.25, -0.2) is 0 Å². The first-order valence-electron chi connectivity index (χ1n) is 5.47. The average molecular weight is 329 g/mol. The van der Waals surface area contributed by atoms with Crippen molar-refractivity contribution in [2.24, 2.45) is 7.05 Å². The normalized spacial score (nSPS) is 10.6.